The van der Waals surface area contributed by atoms with Gasteiger partial charge in [0, 0.05) is 7.05 Å². The fourth-order valence-corrected chi connectivity index (χ4v) is 2.58. The molecular formula is C7H12NO5P. The van der Waals surface area contributed by atoms with Crippen LogP contribution < -0.4 is 5.32 Å². The lowest BCUT2D eigenvalue weighted by Crippen LogP contribution is -2.47. The van der Waals surface area contributed by atoms with Gasteiger partial charge >= 0.3 is 14.7 Å². The van der Waals surface area contributed by atoms with Crippen LogP contribution in [0.2, 0.25) is 0 Å². The molecule has 0 atom stereocenters. The molecule has 6 nitrogen and oxygen atoms in total. The minimum absolute atomic E-state index is 0.260. The Hall–Kier alpha value is -0.420. The summed E-state index contributed by atoms with van der Waals surface area (Å²) < 4.78 is 20.7. The third-order valence-electron chi connectivity index (χ3n) is 2.14. The Morgan fingerprint density at radius 1 is 1.43 bits per heavy atom. The maximum atomic E-state index is 10.9. The van der Waals surface area contributed by atoms with Gasteiger partial charge in [0.25, 0.3) is 0 Å². The van der Waals surface area contributed by atoms with Gasteiger partial charge in [0.05, 0.1) is 25.2 Å². The Bertz CT molecular complexity index is 214. The molecule has 0 aromatic carbocycles. The molecule has 3 heterocycles. The van der Waals surface area contributed by atoms with Crippen LogP contribution in [0, 0.1) is 5.41 Å². The molecule has 0 radical (unpaired) electrons. The third kappa shape index (κ3) is 1.98. The molecule has 3 rings (SSSR count). The van der Waals surface area contributed by atoms with E-state index < -0.39 is 14.7 Å². The van der Waals surface area contributed by atoms with E-state index in [9.17, 15) is 4.79 Å². The number of hydrogen-bond acceptors (Lipinski definition) is 5. The van der Waals surface area contributed by atoms with Crippen LogP contribution in [0.5, 0.6) is 0 Å². The first-order valence-corrected chi connectivity index (χ1v) is 5.37. The average Bonchev–Trinajstić information content (AvgIpc) is 2.28. The van der Waals surface area contributed by atoms with E-state index in [-0.39, 0.29) is 12.0 Å². The van der Waals surface area contributed by atoms with E-state index in [2.05, 4.69) is 5.32 Å². The zero-order chi connectivity index (χ0) is 10.0. The number of rotatable bonds is 2. The van der Waals surface area contributed by atoms with Crippen LogP contribution in [0.15, 0.2) is 0 Å². The molecule has 14 heavy (non-hydrogen) atoms. The normalized spacial score (nSPS) is 35.4. The second kappa shape index (κ2) is 3.98. The van der Waals surface area contributed by atoms with Gasteiger partial charge in [-0.25, -0.2) is 4.79 Å². The second-order valence-electron chi connectivity index (χ2n) is 3.37. The highest BCUT2D eigenvalue weighted by molar-refractivity contribution is 7.41. The van der Waals surface area contributed by atoms with Crippen molar-refractivity contribution in [3.63, 3.8) is 0 Å². The van der Waals surface area contributed by atoms with Gasteiger partial charge in [-0.15, -0.1) is 0 Å². The Morgan fingerprint density at radius 2 is 2.00 bits per heavy atom. The first-order chi connectivity index (χ1) is 6.74. The number of ether oxygens (including phenoxy) is 1. The van der Waals surface area contributed by atoms with Crippen LogP contribution in [0.25, 0.3) is 0 Å². The lowest BCUT2D eigenvalue weighted by molar-refractivity contribution is -0.0978. The minimum Gasteiger partial charge on any atom is -0.449 e. The summed E-state index contributed by atoms with van der Waals surface area (Å²) >= 11 is 0. The summed E-state index contributed by atoms with van der Waals surface area (Å²) in [6.07, 6.45) is -0.446. The first kappa shape index (κ1) is 10.1. The molecule has 3 saturated heterocycles. The van der Waals surface area contributed by atoms with E-state index in [0.29, 0.717) is 19.8 Å². The highest BCUT2D eigenvalue weighted by Gasteiger charge is 2.45. The summed E-state index contributed by atoms with van der Waals surface area (Å²) in [6.45, 7) is 1.87. The van der Waals surface area contributed by atoms with Crippen LogP contribution in [0.1, 0.15) is 0 Å². The quantitative estimate of drug-likeness (QED) is 0.693. The summed E-state index contributed by atoms with van der Waals surface area (Å²) in [5.41, 5.74) is -0.316. The fraction of sp³-hybridized carbons (Fsp3) is 0.857. The fourth-order valence-electron chi connectivity index (χ4n) is 1.22. The van der Waals surface area contributed by atoms with Gasteiger partial charge in [0.2, 0.25) is 0 Å². The third-order valence-corrected chi connectivity index (χ3v) is 3.16. The van der Waals surface area contributed by atoms with Gasteiger partial charge in [-0.2, -0.15) is 0 Å². The molecule has 7 heteroatoms. The smallest absolute Gasteiger partial charge is 0.406 e. The molecule has 0 aromatic heterocycles. The Labute approximate surface area is 82.8 Å². The van der Waals surface area contributed by atoms with Gasteiger partial charge in [-0.05, 0) is 0 Å². The monoisotopic (exact) mass is 221 g/mol. The molecule has 0 aromatic rings. The zero-order valence-corrected chi connectivity index (χ0v) is 8.71. The van der Waals surface area contributed by atoms with Crippen LogP contribution >= 0.6 is 8.60 Å². The van der Waals surface area contributed by atoms with Crippen LogP contribution in [-0.4, -0.2) is 39.6 Å². The summed E-state index contributed by atoms with van der Waals surface area (Å²) in [7, 11) is 0.397. The Morgan fingerprint density at radius 3 is 2.50 bits per heavy atom. The van der Waals surface area contributed by atoms with Gasteiger partial charge in [0.15, 0.2) is 0 Å². The maximum absolute atomic E-state index is 10.9. The molecule has 0 spiro atoms. The lowest BCUT2D eigenvalue weighted by atomic mass is 9.92. The maximum Gasteiger partial charge on any atom is 0.406 e. The molecule has 3 fully saturated rings. The summed E-state index contributed by atoms with van der Waals surface area (Å²) in [5, 5.41) is 2.38. The topological polar surface area (TPSA) is 66.0 Å². The van der Waals surface area contributed by atoms with E-state index in [1.807, 2.05) is 0 Å². The standard InChI is InChI=1S/C7H12NO5P/c1-8-6(9)10-2-7-3-11-14(12-4-7)13-5-7/h2-5H2,1H3,(H,8,9). The molecule has 0 aliphatic carbocycles. The molecule has 3 aliphatic heterocycles. The van der Waals surface area contributed by atoms with Crippen molar-refractivity contribution in [2.24, 2.45) is 5.41 Å². The van der Waals surface area contributed by atoms with Crippen molar-refractivity contribution in [1.29, 1.82) is 0 Å². The van der Waals surface area contributed by atoms with Crippen LogP contribution in [0.4, 0.5) is 4.79 Å². The van der Waals surface area contributed by atoms with Crippen molar-refractivity contribution in [2.45, 2.75) is 0 Å². The minimum atomic E-state index is -1.12. The summed E-state index contributed by atoms with van der Waals surface area (Å²) in [4.78, 5) is 10.9. The van der Waals surface area contributed by atoms with Crippen molar-refractivity contribution in [3.05, 3.63) is 0 Å². The molecule has 2 bridgehead atoms. The highest BCUT2D eigenvalue weighted by Crippen LogP contribution is 2.53. The summed E-state index contributed by atoms with van der Waals surface area (Å²) in [5.74, 6) is 0. The first-order valence-electron chi connectivity index (χ1n) is 4.27. The second-order valence-corrected chi connectivity index (χ2v) is 4.59. The molecule has 1 N–H and O–H groups in total. The number of amides is 1. The summed E-state index contributed by atoms with van der Waals surface area (Å²) in [6, 6.07) is 0. The molecule has 3 aliphatic rings. The molecular weight excluding hydrogens is 209 g/mol. The molecule has 80 valence electrons. The van der Waals surface area contributed by atoms with Crippen molar-refractivity contribution in [3.8, 4) is 0 Å². The number of nitrogens with one attached hydrogen (secondary N) is 1. The van der Waals surface area contributed by atoms with Crippen LogP contribution in [-0.2, 0) is 18.3 Å². The Kier molecular flexibility index (Phi) is 2.88. The average molecular weight is 221 g/mol. The molecule has 0 saturated carbocycles. The van der Waals surface area contributed by atoms with E-state index in [0.717, 1.165) is 0 Å². The number of carbonyl (C=O) groups is 1. The van der Waals surface area contributed by atoms with Crippen molar-refractivity contribution < 1.29 is 23.1 Å². The number of fused-ring (bicyclic) bond motifs is 3. The molecule has 1 amide bonds. The van der Waals surface area contributed by atoms with E-state index in [1.165, 1.54) is 7.05 Å². The van der Waals surface area contributed by atoms with E-state index in [4.69, 9.17) is 18.3 Å². The number of alkyl carbamates (subject to hydrolysis) is 1. The zero-order valence-electron chi connectivity index (χ0n) is 7.82. The van der Waals surface area contributed by atoms with Crippen molar-refractivity contribution in [2.75, 3.05) is 33.5 Å². The van der Waals surface area contributed by atoms with Gasteiger partial charge in [-0.1, -0.05) is 0 Å². The largest absolute Gasteiger partial charge is 0.449 e. The van der Waals surface area contributed by atoms with Gasteiger partial charge in [-0.3, -0.25) is 0 Å². The van der Waals surface area contributed by atoms with Gasteiger partial charge in [0.1, 0.15) is 6.61 Å². The lowest BCUT2D eigenvalue weighted by Gasteiger charge is -2.43. The van der Waals surface area contributed by atoms with Gasteiger partial charge < -0.3 is 23.6 Å². The van der Waals surface area contributed by atoms with E-state index in [1.54, 1.807) is 0 Å². The van der Waals surface area contributed by atoms with Crippen molar-refractivity contribution in [1.82, 2.24) is 5.32 Å². The predicted octanol–water partition coefficient (Wildman–Crippen LogP) is 0.633. The molecule has 0 unspecified atom stereocenters. The number of hydrogen-bond donors (Lipinski definition) is 1. The highest BCUT2D eigenvalue weighted by atomic mass is 31.2. The van der Waals surface area contributed by atoms with Crippen molar-refractivity contribution >= 4 is 14.7 Å². The Balaban J connectivity index is 1.86. The predicted molar refractivity (Wildman–Crippen MR) is 47.6 cm³/mol. The SMILES string of the molecule is CNC(=O)OCC12COP(OC1)OC2. The number of carbonyl (C=O) groups excluding carboxylic acids is 1. The van der Waals surface area contributed by atoms with E-state index >= 15 is 0 Å². The van der Waals surface area contributed by atoms with Crippen LogP contribution in [0.3, 0.4) is 0 Å².